The first-order chi connectivity index (χ1) is 8.66. The largest absolute Gasteiger partial charge is 0.399 e. The van der Waals surface area contributed by atoms with Crippen LogP contribution in [0, 0.1) is 0 Å². The lowest BCUT2D eigenvalue weighted by molar-refractivity contribution is 0.0954. The number of carbonyl (C=O) groups is 1. The average molecular weight is 266 g/mol. The fraction of sp³-hybridized carbons (Fsp3) is 0.182. The van der Waals surface area contributed by atoms with Crippen molar-refractivity contribution >= 4 is 23.2 Å². The summed E-state index contributed by atoms with van der Waals surface area (Å²) < 4.78 is 0. The maximum atomic E-state index is 11.8. The molecule has 7 heteroatoms. The number of H-pyrrole nitrogens is 1. The van der Waals surface area contributed by atoms with Crippen LogP contribution in [0.3, 0.4) is 0 Å². The first-order valence-electron chi connectivity index (χ1n) is 5.34. The third-order valence-electron chi connectivity index (χ3n) is 2.35. The molecule has 2 aromatic rings. The van der Waals surface area contributed by atoms with Gasteiger partial charge in [0.25, 0.3) is 5.91 Å². The molecule has 4 N–H and O–H groups in total. The Labute approximate surface area is 109 Å². The molecule has 18 heavy (non-hydrogen) atoms. The van der Waals surface area contributed by atoms with E-state index in [-0.39, 0.29) is 5.91 Å². The lowest BCUT2D eigenvalue weighted by Gasteiger charge is -2.06. The lowest BCUT2D eigenvalue weighted by Crippen LogP contribution is -2.26. The van der Waals surface area contributed by atoms with Crippen LogP contribution in [0.25, 0.3) is 0 Å². The number of nitrogens with zero attached hydrogens (tertiary/aromatic N) is 2. The summed E-state index contributed by atoms with van der Waals surface area (Å²) in [5, 5.41) is 9.54. The predicted molar refractivity (Wildman–Crippen MR) is 68.3 cm³/mol. The smallest absolute Gasteiger partial charge is 0.252 e. The number of nitrogen functional groups attached to an aromatic ring is 1. The summed E-state index contributed by atoms with van der Waals surface area (Å²) in [6.45, 7) is 0.444. The van der Waals surface area contributed by atoms with Crippen molar-refractivity contribution < 1.29 is 4.79 Å². The van der Waals surface area contributed by atoms with Gasteiger partial charge in [-0.1, -0.05) is 11.6 Å². The molecule has 94 valence electrons. The van der Waals surface area contributed by atoms with Crippen molar-refractivity contribution in [2.45, 2.75) is 6.42 Å². The summed E-state index contributed by atoms with van der Waals surface area (Å²) in [5.41, 5.74) is 6.48. The van der Waals surface area contributed by atoms with Crippen LogP contribution >= 0.6 is 11.6 Å². The molecule has 0 radical (unpaired) electrons. The van der Waals surface area contributed by atoms with Gasteiger partial charge in [0.1, 0.15) is 12.2 Å². The zero-order valence-corrected chi connectivity index (χ0v) is 10.2. The van der Waals surface area contributed by atoms with Gasteiger partial charge in [-0.15, -0.1) is 0 Å². The van der Waals surface area contributed by atoms with Crippen LogP contribution < -0.4 is 11.1 Å². The van der Waals surface area contributed by atoms with E-state index in [4.69, 9.17) is 17.3 Å². The Hall–Kier alpha value is -2.08. The molecule has 6 nitrogen and oxygen atoms in total. The molecule has 0 spiro atoms. The summed E-state index contributed by atoms with van der Waals surface area (Å²) in [6, 6.07) is 4.79. The van der Waals surface area contributed by atoms with Gasteiger partial charge in [-0.05, 0) is 18.2 Å². The molecule has 0 aliphatic rings. The minimum absolute atomic E-state index is 0.258. The van der Waals surface area contributed by atoms with Crippen molar-refractivity contribution in [1.29, 1.82) is 0 Å². The molecule has 2 rings (SSSR count). The molecule has 0 unspecified atom stereocenters. The van der Waals surface area contributed by atoms with Gasteiger partial charge in [0.05, 0.1) is 10.6 Å². The van der Waals surface area contributed by atoms with Crippen molar-refractivity contribution in [3.05, 3.63) is 40.9 Å². The van der Waals surface area contributed by atoms with E-state index in [9.17, 15) is 4.79 Å². The van der Waals surface area contributed by atoms with Gasteiger partial charge in [0.15, 0.2) is 0 Å². The fourth-order valence-electron chi connectivity index (χ4n) is 1.46. The third kappa shape index (κ3) is 2.98. The number of benzene rings is 1. The SMILES string of the molecule is Nc1ccc(Cl)c(C(=O)NCCc2ncn[nH]2)c1. The molecule has 0 fully saturated rings. The van der Waals surface area contributed by atoms with Crippen LogP contribution in [0.5, 0.6) is 0 Å². The zero-order chi connectivity index (χ0) is 13.0. The molecule has 0 bridgehead atoms. The topological polar surface area (TPSA) is 96.7 Å². The summed E-state index contributed by atoms with van der Waals surface area (Å²) in [6.07, 6.45) is 2.00. The molecule has 1 aromatic heterocycles. The Morgan fingerprint density at radius 2 is 2.33 bits per heavy atom. The number of nitrogens with two attached hydrogens (primary N) is 1. The second-order valence-corrected chi connectivity index (χ2v) is 4.08. The maximum Gasteiger partial charge on any atom is 0.252 e. The molecular weight excluding hydrogens is 254 g/mol. The maximum absolute atomic E-state index is 11.8. The molecule has 1 amide bonds. The lowest BCUT2D eigenvalue weighted by atomic mass is 10.2. The number of carbonyl (C=O) groups excluding carboxylic acids is 1. The van der Waals surface area contributed by atoms with Crippen LogP contribution in [0.2, 0.25) is 5.02 Å². The van der Waals surface area contributed by atoms with Crippen molar-refractivity contribution in [1.82, 2.24) is 20.5 Å². The Kier molecular flexibility index (Phi) is 3.78. The quantitative estimate of drug-likeness (QED) is 0.719. The number of aromatic nitrogens is 3. The zero-order valence-electron chi connectivity index (χ0n) is 9.48. The first kappa shape index (κ1) is 12.4. The Balaban J connectivity index is 1.93. The van der Waals surface area contributed by atoms with Crippen molar-refractivity contribution in [2.75, 3.05) is 12.3 Å². The molecule has 0 aliphatic carbocycles. The predicted octanol–water partition coefficient (Wildman–Crippen LogP) is 1.01. The van der Waals surface area contributed by atoms with E-state index >= 15 is 0 Å². The van der Waals surface area contributed by atoms with E-state index in [2.05, 4.69) is 20.5 Å². The highest BCUT2D eigenvalue weighted by molar-refractivity contribution is 6.34. The minimum atomic E-state index is -0.258. The van der Waals surface area contributed by atoms with Gasteiger partial charge in [0.2, 0.25) is 0 Å². The molecule has 0 aliphatic heterocycles. The van der Waals surface area contributed by atoms with E-state index in [0.717, 1.165) is 0 Å². The Bertz CT molecular complexity index is 540. The van der Waals surface area contributed by atoms with E-state index in [0.29, 0.717) is 35.1 Å². The molecule has 0 saturated heterocycles. The molecule has 1 heterocycles. The molecule has 1 aromatic carbocycles. The third-order valence-corrected chi connectivity index (χ3v) is 2.68. The summed E-state index contributed by atoms with van der Waals surface area (Å²) in [7, 11) is 0. The van der Waals surface area contributed by atoms with Crippen LogP contribution in [0.15, 0.2) is 24.5 Å². The monoisotopic (exact) mass is 265 g/mol. The van der Waals surface area contributed by atoms with Gasteiger partial charge in [-0.25, -0.2) is 4.98 Å². The molecule has 0 saturated carbocycles. The number of amides is 1. The number of rotatable bonds is 4. The minimum Gasteiger partial charge on any atom is -0.399 e. The van der Waals surface area contributed by atoms with Gasteiger partial charge in [-0.3, -0.25) is 9.89 Å². The van der Waals surface area contributed by atoms with Crippen molar-refractivity contribution in [3.63, 3.8) is 0 Å². The second kappa shape index (κ2) is 5.50. The Morgan fingerprint density at radius 3 is 3.06 bits per heavy atom. The van der Waals surface area contributed by atoms with Gasteiger partial charge in [-0.2, -0.15) is 5.10 Å². The van der Waals surface area contributed by atoms with Gasteiger partial charge in [0, 0.05) is 18.7 Å². The van der Waals surface area contributed by atoms with Crippen LogP contribution in [-0.4, -0.2) is 27.6 Å². The fourth-order valence-corrected chi connectivity index (χ4v) is 1.66. The average Bonchev–Trinajstić information content (AvgIpc) is 2.85. The van der Waals surface area contributed by atoms with E-state index < -0.39 is 0 Å². The van der Waals surface area contributed by atoms with Crippen LogP contribution in [0.4, 0.5) is 5.69 Å². The Morgan fingerprint density at radius 1 is 1.50 bits per heavy atom. The van der Waals surface area contributed by atoms with Gasteiger partial charge < -0.3 is 11.1 Å². The number of nitrogens with one attached hydrogen (secondary N) is 2. The number of hydrogen-bond donors (Lipinski definition) is 3. The highest BCUT2D eigenvalue weighted by Crippen LogP contribution is 2.18. The number of hydrogen-bond acceptors (Lipinski definition) is 4. The number of aromatic amines is 1. The van der Waals surface area contributed by atoms with E-state index in [1.807, 2.05) is 0 Å². The van der Waals surface area contributed by atoms with E-state index in [1.54, 1.807) is 18.2 Å². The highest BCUT2D eigenvalue weighted by Gasteiger charge is 2.10. The van der Waals surface area contributed by atoms with Crippen molar-refractivity contribution in [3.8, 4) is 0 Å². The first-order valence-corrected chi connectivity index (χ1v) is 5.72. The molecular formula is C11H12ClN5O. The standard InChI is InChI=1S/C11H12ClN5O/c12-9-2-1-7(13)5-8(9)11(18)14-4-3-10-15-6-16-17-10/h1-2,5-6H,3-4,13H2,(H,14,18)(H,15,16,17). The highest BCUT2D eigenvalue weighted by atomic mass is 35.5. The molecule has 0 atom stereocenters. The van der Waals surface area contributed by atoms with Gasteiger partial charge >= 0.3 is 0 Å². The van der Waals surface area contributed by atoms with Crippen LogP contribution in [0.1, 0.15) is 16.2 Å². The van der Waals surface area contributed by atoms with Crippen LogP contribution in [-0.2, 0) is 6.42 Å². The summed E-state index contributed by atoms with van der Waals surface area (Å²) in [5.74, 6) is 0.459. The van der Waals surface area contributed by atoms with E-state index in [1.165, 1.54) is 6.33 Å². The summed E-state index contributed by atoms with van der Waals surface area (Å²) in [4.78, 5) is 15.8. The number of anilines is 1. The normalized spacial score (nSPS) is 10.3. The van der Waals surface area contributed by atoms with Crippen molar-refractivity contribution in [2.24, 2.45) is 0 Å². The summed E-state index contributed by atoms with van der Waals surface area (Å²) >= 11 is 5.92. The number of halogens is 1. The second-order valence-electron chi connectivity index (χ2n) is 3.68.